The number of benzene rings is 1. The van der Waals surface area contributed by atoms with Gasteiger partial charge in [-0.15, -0.1) is 0 Å². The minimum Gasteiger partial charge on any atom is -0.441 e. The number of carbonyl (C=O) groups excluding carboxylic acids is 1. The summed E-state index contributed by atoms with van der Waals surface area (Å²) in [6.45, 7) is 17.1. The van der Waals surface area contributed by atoms with E-state index in [9.17, 15) is 4.79 Å². The zero-order valence-electron chi connectivity index (χ0n) is 18.1. The molecule has 0 N–H and O–H groups in total. The predicted octanol–water partition coefficient (Wildman–Crippen LogP) is 6.84. The lowest BCUT2D eigenvalue weighted by molar-refractivity contribution is -0.0122. The Bertz CT molecular complexity index is 523. The van der Waals surface area contributed by atoms with E-state index in [1.807, 2.05) is 50.8 Å². The van der Waals surface area contributed by atoms with E-state index in [2.05, 4.69) is 39.8 Å². The molecular formula is C23H39NO2. The molecule has 1 amide bonds. The van der Waals surface area contributed by atoms with Crippen LogP contribution in [0.5, 0.6) is 0 Å². The number of amides is 1. The maximum Gasteiger partial charge on any atom is 0.410 e. The molecule has 0 radical (unpaired) electrons. The van der Waals surface area contributed by atoms with Crippen LogP contribution >= 0.6 is 0 Å². The number of ether oxygens (including phenoxy) is 1. The van der Waals surface area contributed by atoms with E-state index in [1.165, 1.54) is 0 Å². The third kappa shape index (κ3) is 6.34. The molecule has 0 spiro atoms. The summed E-state index contributed by atoms with van der Waals surface area (Å²) in [6.07, 6.45) is 2.90. The summed E-state index contributed by atoms with van der Waals surface area (Å²) < 4.78 is 6.19. The van der Waals surface area contributed by atoms with Gasteiger partial charge in [-0.25, -0.2) is 4.79 Å². The van der Waals surface area contributed by atoms with Crippen LogP contribution in [0.3, 0.4) is 0 Å². The average molecular weight is 362 g/mol. The molecule has 0 aliphatic rings. The second-order valence-electron chi connectivity index (χ2n) is 8.92. The molecule has 0 aromatic heterocycles. The van der Waals surface area contributed by atoms with E-state index in [4.69, 9.17) is 4.74 Å². The van der Waals surface area contributed by atoms with Gasteiger partial charge in [0.15, 0.2) is 0 Å². The molecular weight excluding hydrogens is 322 g/mol. The summed E-state index contributed by atoms with van der Waals surface area (Å²) in [7, 11) is 0. The van der Waals surface area contributed by atoms with Crippen molar-refractivity contribution in [2.45, 2.75) is 92.8 Å². The Kier molecular flexibility index (Phi) is 8.66. The summed E-state index contributed by atoms with van der Waals surface area (Å²) in [5.41, 5.74) is 1.14. The molecule has 148 valence electrons. The van der Waals surface area contributed by atoms with Crippen molar-refractivity contribution in [3.63, 3.8) is 0 Å². The standard InChI is InChI=1S/C23H39NO2/c1-9-10-16-20(23(6,7)8)21(19-14-12-11-13-15-19)26-22(25)24(17(2)3)18(4)5/h11-15,17-18,20-21H,9-10,16H2,1-8H3/t20-,21+/m1/s1. The molecule has 3 nitrogen and oxygen atoms in total. The van der Waals surface area contributed by atoms with Gasteiger partial charge in [-0.05, 0) is 45.1 Å². The molecule has 0 aliphatic heterocycles. The van der Waals surface area contributed by atoms with Crippen LogP contribution in [0, 0.1) is 11.3 Å². The maximum absolute atomic E-state index is 13.0. The highest BCUT2D eigenvalue weighted by atomic mass is 16.6. The fourth-order valence-corrected chi connectivity index (χ4v) is 3.68. The smallest absolute Gasteiger partial charge is 0.410 e. The molecule has 26 heavy (non-hydrogen) atoms. The molecule has 3 heteroatoms. The van der Waals surface area contributed by atoms with Crippen molar-refractivity contribution in [3.8, 4) is 0 Å². The van der Waals surface area contributed by atoms with Crippen molar-refractivity contribution in [2.24, 2.45) is 11.3 Å². The van der Waals surface area contributed by atoms with Crippen LogP contribution in [0.2, 0.25) is 0 Å². The highest BCUT2D eigenvalue weighted by Gasteiger charge is 2.36. The summed E-state index contributed by atoms with van der Waals surface area (Å²) in [4.78, 5) is 14.8. The predicted molar refractivity (Wildman–Crippen MR) is 110 cm³/mol. The Balaban J connectivity index is 3.22. The Hall–Kier alpha value is -1.51. The van der Waals surface area contributed by atoms with Crippen LogP contribution < -0.4 is 0 Å². The van der Waals surface area contributed by atoms with Gasteiger partial charge in [0.25, 0.3) is 0 Å². The Labute approximate surface area is 161 Å². The lowest BCUT2D eigenvalue weighted by Crippen LogP contribution is -2.44. The van der Waals surface area contributed by atoms with Crippen LogP contribution in [0.15, 0.2) is 30.3 Å². The van der Waals surface area contributed by atoms with Crippen LogP contribution in [0.25, 0.3) is 0 Å². The molecule has 1 aromatic carbocycles. The first-order valence-corrected chi connectivity index (χ1v) is 10.1. The van der Waals surface area contributed by atoms with Gasteiger partial charge in [-0.2, -0.15) is 0 Å². The summed E-state index contributed by atoms with van der Waals surface area (Å²) in [5, 5.41) is 0. The van der Waals surface area contributed by atoms with Crippen molar-refractivity contribution in [1.82, 2.24) is 4.90 Å². The SMILES string of the molecule is CCCC[C@H]([C@@H](OC(=O)N(C(C)C)C(C)C)c1ccccc1)C(C)(C)C. The third-order valence-electron chi connectivity index (χ3n) is 5.03. The molecule has 1 rings (SSSR count). The van der Waals surface area contributed by atoms with Crippen LogP contribution in [-0.4, -0.2) is 23.1 Å². The molecule has 0 unspecified atom stereocenters. The van der Waals surface area contributed by atoms with Crippen molar-refractivity contribution >= 4 is 6.09 Å². The number of carbonyl (C=O) groups is 1. The zero-order valence-corrected chi connectivity index (χ0v) is 18.1. The van der Waals surface area contributed by atoms with E-state index >= 15 is 0 Å². The topological polar surface area (TPSA) is 29.5 Å². The van der Waals surface area contributed by atoms with E-state index in [-0.39, 0.29) is 35.6 Å². The number of hydrogen-bond acceptors (Lipinski definition) is 2. The second kappa shape index (κ2) is 9.99. The molecule has 0 saturated heterocycles. The molecule has 0 bridgehead atoms. The van der Waals surface area contributed by atoms with Crippen molar-refractivity contribution in [2.75, 3.05) is 0 Å². The fourth-order valence-electron chi connectivity index (χ4n) is 3.68. The molecule has 0 fully saturated rings. The monoisotopic (exact) mass is 361 g/mol. The Morgan fingerprint density at radius 1 is 1.04 bits per heavy atom. The molecule has 1 aromatic rings. The quantitative estimate of drug-likeness (QED) is 0.507. The second-order valence-corrected chi connectivity index (χ2v) is 8.92. The third-order valence-corrected chi connectivity index (χ3v) is 5.03. The average Bonchev–Trinajstić information content (AvgIpc) is 2.53. The van der Waals surface area contributed by atoms with E-state index in [0.29, 0.717) is 0 Å². The van der Waals surface area contributed by atoms with Gasteiger partial charge in [0.2, 0.25) is 0 Å². The van der Waals surface area contributed by atoms with Crippen LogP contribution in [-0.2, 0) is 4.74 Å². The van der Waals surface area contributed by atoms with Gasteiger partial charge in [0.1, 0.15) is 6.10 Å². The van der Waals surface area contributed by atoms with Crippen molar-refractivity contribution < 1.29 is 9.53 Å². The highest BCUT2D eigenvalue weighted by molar-refractivity contribution is 5.68. The molecule has 0 aliphatic carbocycles. The van der Waals surface area contributed by atoms with Crippen molar-refractivity contribution in [3.05, 3.63) is 35.9 Å². The van der Waals surface area contributed by atoms with Gasteiger partial charge in [-0.1, -0.05) is 70.9 Å². The normalized spacial score (nSPS) is 14.4. The van der Waals surface area contributed by atoms with Gasteiger partial charge in [0, 0.05) is 18.0 Å². The number of hydrogen-bond donors (Lipinski definition) is 0. The van der Waals surface area contributed by atoms with Gasteiger partial charge < -0.3 is 9.64 Å². The Morgan fingerprint density at radius 3 is 2.00 bits per heavy atom. The van der Waals surface area contributed by atoms with Gasteiger partial charge >= 0.3 is 6.09 Å². The highest BCUT2D eigenvalue weighted by Crippen LogP contribution is 2.42. The minimum atomic E-state index is -0.227. The van der Waals surface area contributed by atoms with E-state index in [0.717, 1.165) is 24.8 Å². The van der Waals surface area contributed by atoms with Gasteiger partial charge in [-0.3, -0.25) is 0 Å². The van der Waals surface area contributed by atoms with E-state index in [1.54, 1.807) is 0 Å². The first-order valence-electron chi connectivity index (χ1n) is 10.1. The summed E-state index contributed by atoms with van der Waals surface area (Å²) in [6, 6.07) is 10.5. The van der Waals surface area contributed by atoms with Crippen LogP contribution in [0.4, 0.5) is 4.79 Å². The first-order chi connectivity index (χ1) is 12.1. The lowest BCUT2D eigenvalue weighted by Gasteiger charge is -2.39. The Morgan fingerprint density at radius 2 is 1.58 bits per heavy atom. The molecule has 0 heterocycles. The lowest BCUT2D eigenvalue weighted by atomic mass is 9.73. The molecule has 2 atom stereocenters. The van der Waals surface area contributed by atoms with E-state index < -0.39 is 0 Å². The zero-order chi connectivity index (χ0) is 19.9. The van der Waals surface area contributed by atoms with Crippen molar-refractivity contribution in [1.29, 1.82) is 0 Å². The van der Waals surface area contributed by atoms with Crippen LogP contribution in [0.1, 0.15) is 86.3 Å². The maximum atomic E-state index is 13.0. The number of nitrogens with zero attached hydrogens (tertiary/aromatic N) is 1. The summed E-state index contributed by atoms with van der Waals surface area (Å²) in [5.74, 6) is 0.273. The number of unbranched alkanes of at least 4 members (excludes halogenated alkanes) is 1. The molecule has 0 saturated carbocycles. The number of rotatable bonds is 8. The largest absolute Gasteiger partial charge is 0.441 e. The minimum absolute atomic E-state index is 0.0520. The fraction of sp³-hybridized carbons (Fsp3) is 0.696. The first kappa shape index (κ1) is 22.5. The van der Waals surface area contributed by atoms with Gasteiger partial charge in [0.05, 0.1) is 0 Å². The summed E-state index contributed by atoms with van der Waals surface area (Å²) >= 11 is 0.